The fourth-order valence-corrected chi connectivity index (χ4v) is 4.72. The van der Waals surface area contributed by atoms with Crippen LogP contribution < -0.4 is 5.32 Å². The Hall–Kier alpha value is -3.97. The Kier molecular flexibility index (Phi) is 7.69. The molecule has 1 fully saturated rings. The van der Waals surface area contributed by atoms with Crippen molar-refractivity contribution in [2.24, 2.45) is 0 Å². The van der Waals surface area contributed by atoms with Crippen LogP contribution in [0.2, 0.25) is 0 Å². The molecule has 2 N–H and O–H groups in total. The van der Waals surface area contributed by atoms with E-state index in [0.717, 1.165) is 17.8 Å². The Morgan fingerprint density at radius 3 is 2.47 bits per heavy atom. The second-order valence-electron chi connectivity index (χ2n) is 7.91. The number of anilines is 1. The van der Waals surface area contributed by atoms with E-state index in [9.17, 15) is 31.9 Å². The lowest BCUT2D eigenvalue weighted by atomic mass is 10.1. The maximum absolute atomic E-state index is 13.6. The second kappa shape index (κ2) is 10.8. The number of hydrogen-bond acceptors (Lipinski definition) is 6. The lowest BCUT2D eigenvalue weighted by molar-refractivity contribution is -0.140. The van der Waals surface area contributed by atoms with Crippen LogP contribution in [0.4, 0.5) is 23.2 Å². The first-order valence-corrected chi connectivity index (χ1v) is 12.0. The number of carboxylic acids is 1. The Labute approximate surface area is 222 Å². The van der Waals surface area contributed by atoms with Crippen LogP contribution in [0.3, 0.4) is 0 Å². The first-order chi connectivity index (χ1) is 17.9. The number of alkyl halides is 3. The van der Waals surface area contributed by atoms with Crippen LogP contribution in [-0.2, 0) is 15.8 Å². The van der Waals surface area contributed by atoms with Gasteiger partial charge >= 0.3 is 12.1 Å². The standard InChI is InChI=1S/C25H16F4N2O5S2/c26-18-7-3-14(11-17(18)25(27,28)29)19-8-6-16(36-19)12-20-22(33)31(24(37)38-20)10-9-21(32)30-15-4-1-13(2-5-15)23(34)35/h1-8,11-12H,9-10H2,(H,30,32)(H,34,35)/b20-12-. The minimum absolute atomic E-state index is 0.00883. The summed E-state index contributed by atoms with van der Waals surface area (Å²) >= 11 is 6.21. The van der Waals surface area contributed by atoms with E-state index in [1.165, 1.54) is 47.4 Å². The fourth-order valence-electron chi connectivity index (χ4n) is 3.44. The number of amides is 2. The van der Waals surface area contributed by atoms with Crippen molar-refractivity contribution in [3.05, 3.63) is 82.2 Å². The zero-order valence-corrected chi connectivity index (χ0v) is 20.7. The normalized spacial score (nSPS) is 14.8. The van der Waals surface area contributed by atoms with Crippen LogP contribution in [0.15, 0.2) is 63.9 Å². The lowest BCUT2D eigenvalue weighted by Crippen LogP contribution is -2.31. The average molecular weight is 565 g/mol. The molecule has 0 aliphatic carbocycles. The predicted molar refractivity (Wildman–Crippen MR) is 136 cm³/mol. The molecule has 1 saturated heterocycles. The number of furan rings is 1. The van der Waals surface area contributed by atoms with Gasteiger partial charge in [0.2, 0.25) is 5.91 Å². The fraction of sp³-hybridized carbons (Fsp3) is 0.120. The molecule has 1 aliphatic rings. The summed E-state index contributed by atoms with van der Waals surface area (Å²) in [6.45, 7) is -0.0136. The summed E-state index contributed by atoms with van der Waals surface area (Å²) in [4.78, 5) is 37.4. The molecule has 4 rings (SSSR count). The third kappa shape index (κ3) is 6.11. The summed E-state index contributed by atoms with van der Waals surface area (Å²) in [5.74, 6) is -3.17. The molecule has 3 aromatic rings. The van der Waals surface area contributed by atoms with Crippen LogP contribution in [0.5, 0.6) is 0 Å². The first-order valence-electron chi connectivity index (χ1n) is 10.8. The molecule has 2 amide bonds. The number of carboxylic acid groups (broad SMARTS) is 1. The maximum Gasteiger partial charge on any atom is 0.419 e. The summed E-state index contributed by atoms with van der Waals surface area (Å²) in [5, 5.41) is 11.5. The van der Waals surface area contributed by atoms with Crippen molar-refractivity contribution < 1.29 is 41.5 Å². The summed E-state index contributed by atoms with van der Waals surface area (Å²) in [6.07, 6.45) is -3.58. The number of rotatable bonds is 7. The van der Waals surface area contributed by atoms with Crippen molar-refractivity contribution >= 4 is 57.8 Å². The van der Waals surface area contributed by atoms with Crippen LogP contribution >= 0.6 is 24.0 Å². The van der Waals surface area contributed by atoms with E-state index in [1.54, 1.807) is 0 Å². The van der Waals surface area contributed by atoms with Crippen molar-refractivity contribution in [3.63, 3.8) is 0 Å². The lowest BCUT2D eigenvalue weighted by Gasteiger charge is -2.14. The third-order valence-corrected chi connectivity index (χ3v) is 6.69. The zero-order chi connectivity index (χ0) is 27.6. The summed E-state index contributed by atoms with van der Waals surface area (Å²) < 4.78 is 58.4. The average Bonchev–Trinajstić information content (AvgIpc) is 3.42. The van der Waals surface area contributed by atoms with E-state index >= 15 is 0 Å². The second-order valence-corrected chi connectivity index (χ2v) is 9.58. The van der Waals surface area contributed by atoms with Crippen molar-refractivity contribution in [1.29, 1.82) is 0 Å². The van der Waals surface area contributed by atoms with Gasteiger partial charge in [-0.15, -0.1) is 0 Å². The Morgan fingerprint density at radius 2 is 1.82 bits per heavy atom. The van der Waals surface area contributed by atoms with Crippen LogP contribution in [0, 0.1) is 5.82 Å². The van der Waals surface area contributed by atoms with Crippen LogP contribution in [0.25, 0.3) is 17.4 Å². The Bertz CT molecular complexity index is 1470. The minimum atomic E-state index is -4.87. The van der Waals surface area contributed by atoms with E-state index in [2.05, 4.69) is 5.32 Å². The molecule has 1 aromatic heterocycles. The van der Waals surface area contributed by atoms with Gasteiger partial charge in [0.1, 0.15) is 21.7 Å². The summed E-state index contributed by atoms with van der Waals surface area (Å²) in [5.41, 5.74) is -0.952. The summed E-state index contributed by atoms with van der Waals surface area (Å²) in [7, 11) is 0. The highest BCUT2D eigenvalue weighted by Crippen LogP contribution is 2.36. The van der Waals surface area contributed by atoms with Gasteiger partial charge in [-0.1, -0.05) is 24.0 Å². The van der Waals surface area contributed by atoms with Gasteiger partial charge < -0.3 is 14.8 Å². The van der Waals surface area contributed by atoms with Crippen molar-refractivity contribution in [2.75, 3.05) is 11.9 Å². The highest BCUT2D eigenvalue weighted by molar-refractivity contribution is 8.26. The molecule has 0 unspecified atom stereocenters. The number of aromatic carboxylic acids is 1. The molecule has 2 heterocycles. The Balaban J connectivity index is 1.40. The number of benzene rings is 2. The number of thiocarbonyl (C=S) groups is 1. The number of halogens is 4. The van der Waals surface area contributed by atoms with E-state index in [0.29, 0.717) is 17.8 Å². The molecular formula is C25H16F4N2O5S2. The van der Waals surface area contributed by atoms with E-state index in [4.69, 9.17) is 21.7 Å². The Morgan fingerprint density at radius 1 is 1.11 bits per heavy atom. The number of carbonyl (C=O) groups excluding carboxylic acids is 2. The molecule has 0 spiro atoms. The zero-order valence-electron chi connectivity index (χ0n) is 19.0. The molecular weight excluding hydrogens is 548 g/mol. The number of carbonyl (C=O) groups is 3. The molecule has 196 valence electrons. The molecule has 0 atom stereocenters. The van der Waals surface area contributed by atoms with Gasteiger partial charge in [0.25, 0.3) is 5.91 Å². The maximum atomic E-state index is 13.6. The number of hydrogen-bond donors (Lipinski definition) is 2. The monoisotopic (exact) mass is 564 g/mol. The number of nitrogens with one attached hydrogen (secondary N) is 1. The van der Waals surface area contributed by atoms with E-state index in [1.807, 2.05) is 0 Å². The molecule has 0 saturated carbocycles. The number of thioether (sulfide) groups is 1. The van der Waals surface area contributed by atoms with Gasteiger partial charge in [0.15, 0.2) is 0 Å². The van der Waals surface area contributed by atoms with Crippen molar-refractivity contribution in [1.82, 2.24) is 4.90 Å². The quantitative estimate of drug-likeness (QED) is 0.205. The highest BCUT2D eigenvalue weighted by Gasteiger charge is 2.35. The predicted octanol–water partition coefficient (Wildman–Crippen LogP) is 6.03. The molecule has 13 heteroatoms. The number of nitrogens with zero attached hydrogens (tertiary/aromatic N) is 1. The molecule has 0 bridgehead atoms. The van der Waals surface area contributed by atoms with Crippen molar-refractivity contribution in [3.8, 4) is 11.3 Å². The van der Waals surface area contributed by atoms with Gasteiger partial charge in [-0.2, -0.15) is 13.2 Å². The molecule has 0 radical (unpaired) electrons. The molecule has 7 nitrogen and oxygen atoms in total. The SMILES string of the molecule is O=C(CCN1C(=O)/C(=C/c2ccc(-c3ccc(F)c(C(F)(F)F)c3)o2)SC1=S)Nc1ccc(C(=O)O)cc1. The molecule has 2 aromatic carbocycles. The van der Waals surface area contributed by atoms with Crippen LogP contribution in [0.1, 0.15) is 28.1 Å². The van der Waals surface area contributed by atoms with Crippen molar-refractivity contribution in [2.45, 2.75) is 12.6 Å². The van der Waals surface area contributed by atoms with Crippen LogP contribution in [-0.4, -0.2) is 38.7 Å². The third-order valence-electron chi connectivity index (χ3n) is 5.31. The van der Waals surface area contributed by atoms with Gasteiger partial charge in [-0.05, 0) is 54.6 Å². The van der Waals surface area contributed by atoms with Gasteiger partial charge in [0, 0.05) is 30.3 Å². The first kappa shape index (κ1) is 27.1. The van der Waals surface area contributed by atoms with Gasteiger partial charge in [-0.25, -0.2) is 9.18 Å². The summed E-state index contributed by atoms with van der Waals surface area (Å²) in [6, 6.07) is 10.9. The smallest absolute Gasteiger partial charge is 0.419 e. The van der Waals surface area contributed by atoms with Gasteiger partial charge in [-0.3, -0.25) is 14.5 Å². The topological polar surface area (TPSA) is 99.9 Å². The van der Waals surface area contributed by atoms with E-state index < -0.39 is 35.3 Å². The highest BCUT2D eigenvalue weighted by atomic mass is 32.2. The molecule has 38 heavy (non-hydrogen) atoms. The van der Waals surface area contributed by atoms with E-state index in [-0.39, 0.29) is 44.8 Å². The minimum Gasteiger partial charge on any atom is -0.478 e. The largest absolute Gasteiger partial charge is 0.478 e. The van der Waals surface area contributed by atoms with Gasteiger partial charge in [0.05, 0.1) is 16.0 Å². The molecule has 1 aliphatic heterocycles.